The Morgan fingerprint density at radius 2 is 2.11 bits per heavy atom. The number of hydrogen-bond acceptors (Lipinski definition) is 5. The summed E-state index contributed by atoms with van der Waals surface area (Å²) in [7, 11) is 3.30. The number of H-pyrrole nitrogens is 1. The van der Waals surface area contributed by atoms with Crippen LogP contribution in [0.3, 0.4) is 0 Å². The van der Waals surface area contributed by atoms with Gasteiger partial charge in [0.25, 0.3) is 5.91 Å². The first-order chi connectivity index (χ1) is 13.4. The van der Waals surface area contributed by atoms with Gasteiger partial charge in [-0.25, -0.2) is 0 Å². The van der Waals surface area contributed by atoms with E-state index >= 15 is 0 Å². The van der Waals surface area contributed by atoms with E-state index in [0.29, 0.717) is 42.1 Å². The summed E-state index contributed by atoms with van der Waals surface area (Å²) in [4.78, 5) is 24.3. The van der Waals surface area contributed by atoms with Gasteiger partial charge in [0, 0.05) is 44.3 Å². The lowest BCUT2D eigenvalue weighted by Gasteiger charge is -2.34. The Bertz CT molecular complexity index is 835. The smallest absolute Gasteiger partial charge is 0.275 e. The van der Waals surface area contributed by atoms with E-state index in [1.54, 1.807) is 20.2 Å². The molecule has 2 heterocycles. The van der Waals surface area contributed by atoms with Crippen LogP contribution in [0, 0.1) is 5.92 Å². The highest BCUT2D eigenvalue weighted by Crippen LogP contribution is 2.43. The van der Waals surface area contributed by atoms with Crippen LogP contribution in [0.25, 0.3) is 0 Å². The zero-order chi connectivity index (χ0) is 20.3. The lowest BCUT2D eigenvalue weighted by molar-refractivity contribution is -0.123. The Kier molecular flexibility index (Phi) is 6.13. The predicted molar refractivity (Wildman–Crippen MR) is 104 cm³/mol. The van der Waals surface area contributed by atoms with Gasteiger partial charge in [0.15, 0.2) is 5.82 Å². The molecule has 0 aromatic carbocycles. The molecule has 1 aliphatic carbocycles. The average molecular weight is 388 g/mol. The van der Waals surface area contributed by atoms with Gasteiger partial charge in [-0.05, 0) is 38.7 Å². The van der Waals surface area contributed by atoms with E-state index in [9.17, 15) is 9.59 Å². The molecule has 1 aliphatic rings. The van der Waals surface area contributed by atoms with Gasteiger partial charge in [-0.3, -0.25) is 19.4 Å². The molecule has 2 amide bonds. The molecule has 1 fully saturated rings. The molecule has 2 aromatic heterocycles. The minimum atomic E-state index is -0.271. The largest absolute Gasteiger partial charge is 0.378 e. The van der Waals surface area contributed by atoms with Gasteiger partial charge in [-0.15, -0.1) is 0 Å². The fraction of sp³-hybridized carbons (Fsp3) is 0.579. The minimum Gasteiger partial charge on any atom is -0.378 e. The molecule has 152 valence electrons. The first kappa shape index (κ1) is 20.1. The number of aromatic amines is 1. The molecule has 0 aliphatic heterocycles. The molecule has 0 bridgehead atoms. The SMILES string of the molecule is COCc1cc(C(=O)Nc2cc(C3CC(CC(=O)NC(C)C)C3)[nH]n2)n(C)n1. The lowest BCUT2D eigenvalue weighted by atomic mass is 9.71. The molecule has 0 spiro atoms. The van der Waals surface area contributed by atoms with Gasteiger partial charge in [0.05, 0.1) is 12.3 Å². The molecule has 3 N–H and O–H groups in total. The summed E-state index contributed by atoms with van der Waals surface area (Å²) in [5.74, 6) is 1.07. The zero-order valence-corrected chi connectivity index (χ0v) is 16.8. The van der Waals surface area contributed by atoms with Crippen molar-refractivity contribution >= 4 is 17.6 Å². The molecule has 0 atom stereocenters. The topological polar surface area (TPSA) is 114 Å². The highest BCUT2D eigenvalue weighted by Gasteiger charge is 2.33. The number of amides is 2. The summed E-state index contributed by atoms with van der Waals surface area (Å²) in [6, 6.07) is 3.73. The maximum absolute atomic E-state index is 12.5. The molecular formula is C19H28N6O3. The monoisotopic (exact) mass is 388 g/mol. The van der Waals surface area contributed by atoms with Crippen LogP contribution in [-0.2, 0) is 23.2 Å². The Morgan fingerprint density at radius 1 is 1.36 bits per heavy atom. The normalized spacial score (nSPS) is 18.8. The van der Waals surface area contributed by atoms with Crippen molar-refractivity contribution in [1.82, 2.24) is 25.3 Å². The zero-order valence-electron chi connectivity index (χ0n) is 16.8. The van der Waals surface area contributed by atoms with E-state index in [4.69, 9.17) is 4.74 Å². The Morgan fingerprint density at radius 3 is 2.79 bits per heavy atom. The standard InChI is InChI=1S/C19H28N6O3/c1-11(2)20-18(26)7-12-5-13(6-12)15-9-17(23-22-15)21-19(27)16-8-14(10-28-4)24-25(16)3/h8-9,11-13H,5-7,10H2,1-4H3,(H,20,26)(H2,21,22,23,27). The van der Waals surface area contributed by atoms with Crippen LogP contribution >= 0.6 is 0 Å². The van der Waals surface area contributed by atoms with Crippen LogP contribution in [0.5, 0.6) is 0 Å². The molecule has 1 saturated carbocycles. The van der Waals surface area contributed by atoms with E-state index in [-0.39, 0.29) is 17.9 Å². The fourth-order valence-electron chi connectivity index (χ4n) is 3.55. The van der Waals surface area contributed by atoms with Crippen LogP contribution < -0.4 is 10.6 Å². The Balaban J connectivity index is 1.51. The van der Waals surface area contributed by atoms with Crippen LogP contribution in [0.4, 0.5) is 5.82 Å². The lowest BCUT2D eigenvalue weighted by Crippen LogP contribution is -2.34. The van der Waals surface area contributed by atoms with Gasteiger partial charge < -0.3 is 15.4 Å². The van der Waals surface area contributed by atoms with Gasteiger partial charge in [-0.2, -0.15) is 10.2 Å². The van der Waals surface area contributed by atoms with E-state index in [0.717, 1.165) is 18.5 Å². The summed E-state index contributed by atoms with van der Waals surface area (Å²) in [5.41, 5.74) is 2.12. The highest BCUT2D eigenvalue weighted by atomic mass is 16.5. The predicted octanol–water partition coefficient (Wildman–Crippen LogP) is 1.95. The molecule has 0 radical (unpaired) electrons. The average Bonchev–Trinajstić information content (AvgIpc) is 3.16. The molecule has 28 heavy (non-hydrogen) atoms. The summed E-state index contributed by atoms with van der Waals surface area (Å²) in [6.07, 6.45) is 2.46. The van der Waals surface area contributed by atoms with Gasteiger partial charge >= 0.3 is 0 Å². The maximum Gasteiger partial charge on any atom is 0.275 e. The summed E-state index contributed by atoms with van der Waals surface area (Å²) in [5, 5.41) is 17.2. The van der Waals surface area contributed by atoms with Crippen molar-refractivity contribution in [3.63, 3.8) is 0 Å². The highest BCUT2D eigenvalue weighted by molar-refractivity contribution is 6.02. The van der Waals surface area contributed by atoms with E-state index < -0.39 is 0 Å². The van der Waals surface area contributed by atoms with Crippen molar-refractivity contribution in [2.45, 2.75) is 51.7 Å². The Hall–Kier alpha value is -2.68. The molecule has 0 saturated heterocycles. The minimum absolute atomic E-state index is 0.111. The second-order valence-electron chi connectivity index (χ2n) is 7.70. The van der Waals surface area contributed by atoms with Crippen LogP contribution in [-0.4, -0.2) is 44.9 Å². The van der Waals surface area contributed by atoms with Crippen LogP contribution in [0.15, 0.2) is 12.1 Å². The van der Waals surface area contributed by atoms with Crippen molar-refractivity contribution in [3.8, 4) is 0 Å². The maximum atomic E-state index is 12.5. The first-order valence-electron chi connectivity index (χ1n) is 9.53. The molecule has 9 nitrogen and oxygen atoms in total. The van der Waals surface area contributed by atoms with E-state index in [1.165, 1.54) is 4.68 Å². The number of aromatic nitrogens is 4. The Labute approximate surface area is 164 Å². The van der Waals surface area contributed by atoms with Crippen molar-refractivity contribution in [1.29, 1.82) is 0 Å². The van der Waals surface area contributed by atoms with Crippen LogP contribution in [0.2, 0.25) is 0 Å². The molecule has 3 rings (SSSR count). The molecule has 2 aromatic rings. The molecule has 0 unspecified atom stereocenters. The number of hydrogen-bond donors (Lipinski definition) is 3. The second kappa shape index (κ2) is 8.55. The number of aryl methyl sites for hydroxylation is 1. The first-order valence-corrected chi connectivity index (χ1v) is 9.53. The number of ether oxygens (including phenoxy) is 1. The second-order valence-corrected chi connectivity index (χ2v) is 7.70. The third-order valence-corrected chi connectivity index (χ3v) is 4.89. The quantitative estimate of drug-likeness (QED) is 0.640. The fourth-order valence-corrected chi connectivity index (χ4v) is 3.55. The third kappa shape index (κ3) is 4.78. The number of anilines is 1. The van der Waals surface area contributed by atoms with Crippen molar-refractivity contribution in [2.24, 2.45) is 13.0 Å². The number of carbonyl (C=O) groups is 2. The molecule has 9 heteroatoms. The molecular weight excluding hydrogens is 360 g/mol. The summed E-state index contributed by atoms with van der Waals surface area (Å²) >= 11 is 0. The van der Waals surface area contributed by atoms with Crippen molar-refractivity contribution < 1.29 is 14.3 Å². The number of carbonyl (C=O) groups excluding carboxylic acids is 2. The number of nitrogens with one attached hydrogen (secondary N) is 3. The van der Waals surface area contributed by atoms with Gasteiger partial charge in [0.2, 0.25) is 5.91 Å². The van der Waals surface area contributed by atoms with Crippen molar-refractivity contribution in [2.75, 3.05) is 12.4 Å². The third-order valence-electron chi connectivity index (χ3n) is 4.89. The van der Waals surface area contributed by atoms with Gasteiger partial charge in [0.1, 0.15) is 5.69 Å². The van der Waals surface area contributed by atoms with E-state index in [2.05, 4.69) is 25.9 Å². The summed E-state index contributed by atoms with van der Waals surface area (Å²) in [6.45, 7) is 4.28. The number of rotatable bonds is 8. The van der Waals surface area contributed by atoms with Crippen molar-refractivity contribution in [3.05, 3.63) is 29.2 Å². The number of methoxy groups -OCH3 is 1. The summed E-state index contributed by atoms with van der Waals surface area (Å²) < 4.78 is 6.57. The van der Waals surface area contributed by atoms with E-state index in [1.807, 2.05) is 19.9 Å². The van der Waals surface area contributed by atoms with Crippen LogP contribution in [0.1, 0.15) is 60.9 Å². The van der Waals surface area contributed by atoms with Gasteiger partial charge in [-0.1, -0.05) is 0 Å². The number of nitrogens with zero attached hydrogens (tertiary/aromatic N) is 3.